The third kappa shape index (κ3) is 2.41. The Labute approximate surface area is 115 Å². The van der Waals surface area contributed by atoms with E-state index in [0.717, 1.165) is 23.7 Å². The highest BCUT2D eigenvalue weighted by Gasteiger charge is 2.10. The van der Waals surface area contributed by atoms with Crippen molar-refractivity contribution in [2.75, 3.05) is 0 Å². The summed E-state index contributed by atoms with van der Waals surface area (Å²) in [5.41, 5.74) is 3.54. The standard InChI is InChI=1S/C13H17N5S/c1-9-7-18-12(10(2)16-13(18)19-9)6-14-4-11-5-15-17(3)8-11/h5,7-8,14H,4,6H2,1-3H3. The number of aromatic nitrogens is 4. The number of thiazole rings is 1. The van der Waals surface area contributed by atoms with E-state index in [4.69, 9.17) is 0 Å². The van der Waals surface area contributed by atoms with Crippen LogP contribution in [0.4, 0.5) is 0 Å². The van der Waals surface area contributed by atoms with Crippen molar-refractivity contribution in [3.8, 4) is 0 Å². The normalized spacial score (nSPS) is 11.5. The maximum absolute atomic E-state index is 4.59. The summed E-state index contributed by atoms with van der Waals surface area (Å²) >= 11 is 1.73. The maximum Gasteiger partial charge on any atom is 0.194 e. The Morgan fingerprint density at radius 1 is 1.26 bits per heavy atom. The maximum atomic E-state index is 4.59. The van der Waals surface area contributed by atoms with E-state index < -0.39 is 0 Å². The second-order valence-corrected chi connectivity index (χ2v) is 5.98. The molecule has 5 nitrogen and oxygen atoms in total. The van der Waals surface area contributed by atoms with Gasteiger partial charge in [0.1, 0.15) is 0 Å². The Balaban J connectivity index is 1.72. The molecule has 3 heterocycles. The van der Waals surface area contributed by atoms with Crippen LogP contribution in [0.1, 0.15) is 21.8 Å². The summed E-state index contributed by atoms with van der Waals surface area (Å²) in [4.78, 5) is 6.95. The van der Waals surface area contributed by atoms with Gasteiger partial charge in [0, 0.05) is 43.0 Å². The number of imidazole rings is 1. The van der Waals surface area contributed by atoms with Crippen LogP contribution in [0, 0.1) is 13.8 Å². The van der Waals surface area contributed by atoms with E-state index in [1.807, 2.05) is 24.1 Å². The van der Waals surface area contributed by atoms with Gasteiger partial charge in [-0.2, -0.15) is 5.10 Å². The molecule has 1 N–H and O–H groups in total. The van der Waals surface area contributed by atoms with Gasteiger partial charge in [-0.3, -0.25) is 9.08 Å². The summed E-state index contributed by atoms with van der Waals surface area (Å²) in [7, 11) is 1.93. The van der Waals surface area contributed by atoms with Crippen molar-refractivity contribution in [1.29, 1.82) is 0 Å². The van der Waals surface area contributed by atoms with Gasteiger partial charge in [-0.05, 0) is 13.8 Å². The van der Waals surface area contributed by atoms with Crippen LogP contribution >= 0.6 is 11.3 Å². The zero-order valence-electron chi connectivity index (χ0n) is 11.3. The van der Waals surface area contributed by atoms with E-state index >= 15 is 0 Å². The minimum atomic E-state index is 0.818. The van der Waals surface area contributed by atoms with Crippen molar-refractivity contribution in [3.63, 3.8) is 0 Å². The highest BCUT2D eigenvalue weighted by Crippen LogP contribution is 2.20. The lowest BCUT2D eigenvalue weighted by Crippen LogP contribution is -2.14. The zero-order valence-corrected chi connectivity index (χ0v) is 12.2. The Kier molecular flexibility index (Phi) is 3.12. The largest absolute Gasteiger partial charge is 0.307 e. The molecule has 0 unspecified atom stereocenters. The van der Waals surface area contributed by atoms with Gasteiger partial charge in [0.25, 0.3) is 0 Å². The van der Waals surface area contributed by atoms with Gasteiger partial charge in [0.15, 0.2) is 4.96 Å². The fourth-order valence-corrected chi connectivity index (χ4v) is 3.10. The summed E-state index contributed by atoms with van der Waals surface area (Å²) in [6, 6.07) is 0. The van der Waals surface area contributed by atoms with Gasteiger partial charge in [-0.1, -0.05) is 0 Å². The second-order valence-electron chi connectivity index (χ2n) is 4.76. The van der Waals surface area contributed by atoms with Crippen molar-refractivity contribution >= 4 is 16.3 Å². The first-order valence-electron chi connectivity index (χ1n) is 6.25. The van der Waals surface area contributed by atoms with Crippen LogP contribution in [0.25, 0.3) is 4.96 Å². The fourth-order valence-electron chi connectivity index (χ4n) is 2.21. The van der Waals surface area contributed by atoms with Crippen LogP contribution in [0.3, 0.4) is 0 Å². The monoisotopic (exact) mass is 275 g/mol. The molecule has 3 aromatic heterocycles. The summed E-state index contributed by atoms with van der Waals surface area (Å²) in [6.45, 7) is 5.82. The molecule has 100 valence electrons. The van der Waals surface area contributed by atoms with Crippen LogP contribution < -0.4 is 5.32 Å². The molecule has 3 aromatic rings. The van der Waals surface area contributed by atoms with Crippen molar-refractivity contribution in [1.82, 2.24) is 24.5 Å². The van der Waals surface area contributed by atoms with Crippen LogP contribution in [0.15, 0.2) is 18.6 Å². The van der Waals surface area contributed by atoms with E-state index in [-0.39, 0.29) is 0 Å². The highest BCUT2D eigenvalue weighted by molar-refractivity contribution is 7.17. The van der Waals surface area contributed by atoms with Crippen molar-refractivity contribution in [2.45, 2.75) is 26.9 Å². The number of hydrogen-bond acceptors (Lipinski definition) is 4. The summed E-state index contributed by atoms with van der Waals surface area (Å²) in [5, 5.41) is 7.61. The molecule has 0 aromatic carbocycles. The zero-order chi connectivity index (χ0) is 13.4. The minimum absolute atomic E-state index is 0.818. The predicted octanol–water partition coefficient (Wildman–Crippen LogP) is 2.04. The lowest BCUT2D eigenvalue weighted by Gasteiger charge is -2.03. The Bertz CT molecular complexity index is 706. The molecular formula is C13H17N5S. The highest BCUT2D eigenvalue weighted by atomic mass is 32.1. The van der Waals surface area contributed by atoms with Gasteiger partial charge >= 0.3 is 0 Å². The van der Waals surface area contributed by atoms with Gasteiger partial charge in [0.05, 0.1) is 17.6 Å². The van der Waals surface area contributed by atoms with E-state index in [2.05, 4.69) is 39.8 Å². The Morgan fingerprint density at radius 3 is 2.84 bits per heavy atom. The average Bonchev–Trinajstić information content (AvgIpc) is 2.97. The van der Waals surface area contributed by atoms with Crippen molar-refractivity contribution in [2.24, 2.45) is 7.05 Å². The predicted molar refractivity (Wildman–Crippen MR) is 76.3 cm³/mol. The van der Waals surface area contributed by atoms with Crippen LogP contribution in [0.2, 0.25) is 0 Å². The molecule has 0 atom stereocenters. The summed E-state index contributed by atoms with van der Waals surface area (Å²) < 4.78 is 4.01. The van der Waals surface area contributed by atoms with Gasteiger partial charge in [-0.15, -0.1) is 11.3 Å². The fraction of sp³-hybridized carbons (Fsp3) is 0.385. The Morgan fingerprint density at radius 2 is 2.11 bits per heavy atom. The Hall–Kier alpha value is -1.66. The van der Waals surface area contributed by atoms with Crippen LogP contribution in [-0.4, -0.2) is 19.2 Å². The van der Waals surface area contributed by atoms with E-state index in [9.17, 15) is 0 Å². The topological polar surface area (TPSA) is 47.1 Å². The first-order valence-corrected chi connectivity index (χ1v) is 7.07. The molecule has 0 fully saturated rings. The molecule has 0 radical (unpaired) electrons. The molecule has 0 bridgehead atoms. The molecule has 0 spiro atoms. The second kappa shape index (κ2) is 4.79. The molecule has 0 saturated carbocycles. The molecule has 6 heteroatoms. The first kappa shape index (κ1) is 12.4. The number of nitrogens with one attached hydrogen (secondary N) is 1. The number of nitrogens with zero attached hydrogens (tertiary/aromatic N) is 4. The molecule has 0 amide bonds. The number of rotatable bonds is 4. The molecule has 0 aliphatic carbocycles. The molecule has 3 rings (SSSR count). The van der Waals surface area contributed by atoms with E-state index in [1.54, 1.807) is 11.3 Å². The number of fused-ring (bicyclic) bond motifs is 1. The third-order valence-electron chi connectivity index (χ3n) is 3.12. The summed E-state index contributed by atoms with van der Waals surface area (Å²) in [6.07, 6.45) is 6.07. The third-order valence-corrected chi connectivity index (χ3v) is 4.02. The van der Waals surface area contributed by atoms with Gasteiger partial charge in [0.2, 0.25) is 0 Å². The lowest BCUT2D eigenvalue weighted by molar-refractivity contribution is 0.671. The minimum Gasteiger partial charge on any atom is -0.307 e. The lowest BCUT2D eigenvalue weighted by atomic mass is 10.3. The SMILES string of the molecule is Cc1cn2c(CNCc3cnn(C)c3)c(C)nc2s1. The molecule has 0 aliphatic heterocycles. The van der Waals surface area contributed by atoms with E-state index in [1.165, 1.54) is 16.1 Å². The van der Waals surface area contributed by atoms with Gasteiger partial charge < -0.3 is 5.32 Å². The number of aryl methyl sites for hydroxylation is 3. The smallest absolute Gasteiger partial charge is 0.194 e. The van der Waals surface area contributed by atoms with Crippen molar-refractivity contribution < 1.29 is 0 Å². The van der Waals surface area contributed by atoms with Crippen LogP contribution in [-0.2, 0) is 20.1 Å². The average molecular weight is 275 g/mol. The molecular weight excluding hydrogens is 258 g/mol. The summed E-state index contributed by atoms with van der Waals surface area (Å²) in [5.74, 6) is 0. The molecule has 0 saturated heterocycles. The number of hydrogen-bond donors (Lipinski definition) is 1. The van der Waals surface area contributed by atoms with E-state index in [0.29, 0.717) is 0 Å². The van der Waals surface area contributed by atoms with Crippen LogP contribution in [0.5, 0.6) is 0 Å². The quantitative estimate of drug-likeness (QED) is 0.792. The molecule has 0 aliphatic rings. The van der Waals surface area contributed by atoms with Gasteiger partial charge in [-0.25, -0.2) is 4.98 Å². The molecule has 19 heavy (non-hydrogen) atoms. The first-order chi connectivity index (χ1) is 9.13. The van der Waals surface area contributed by atoms with Crippen molar-refractivity contribution in [3.05, 3.63) is 40.4 Å².